The molecular formula is C16H30N2. The highest BCUT2D eigenvalue weighted by atomic mass is 15.2. The van der Waals surface area contributed by atoms with Gasteiger partial charge in [0.25, 0.3) is 0 Å². The van der Waals surface area contributed by atoms with Gasteiger partial charge in [0.15, 0.2) is 0 Å². The Kier molecular flexibility index (Phi) is 4.25. The molecule has 2 atom stereocenters. The Morgan fingerprint density at radius 2 is 1.72 bits per heavy atom. The molecule has 18 heavy (non-hydrogen) atoms. The molecular weight excluding hydrogens is 220 g/mol. The lowest BCUT2D eigenvalue weighted by Crippen LogP contribution is -2.52. The van der Waals surface area contributed by atoms with Crippen molar-refractivity contribution < 1.29 is 0 Å². The minimum absolute atomic E-state index is 0.774. The number of likely N-dealkylation sites (tertiary alicyclic amines) is 1. The van der Waals surface area contributed by atoms with Gasteiger partial charge in [-0.15, -0.1) is 0 Å². The molecule has 0 radical (unpaired) electrons. The van der Waals surface area contributed by atoms with Gasteiger partial charge in [0.1, 0.15) is 0 Å². The second-order valence-electron chi connectivity index (χ2n) is 7.20. The molecule has 2 unspecified atom stereocenters. The van der Waals surface area contributed by atoms with Gasteiger partial charge in [0.2, 0.25) is 0 Å². The van der Waals surface area contributed by atoms with E-state index in [-0.39, 0.29) is 0 Å². The predicted octanol–water partition coefficient (Wildman–Crippen LogP) is 3.03. The maximum Gasteiger partial charge on any atom is 0.0200 e. The lowest BCUT2D eigenvalue weighted by atomic mass is 9.91. The topological polar surface area (TPSA) is 15.3 Å². The van der Waals surface area contributed by atoms with Gasteiger partial charge in [-0.1, -0.05) is 26.2 Å². The zero-order valence-electron chi connectivity index (χ0n) is 12.0. The Labute approximate surface area is 113 Å². The first-order chi connectivity index (χ1) is 8.79. The van der Waals surface area contributed by atoms with Gasteiger partial charge < -0.3 is 10.2 Å². The van der Waals surface area contributed by atoms with Crippen LogP contribution in [0, 0.1) is 11.8 Å². The highest BCUT2D eigenvalue weighted by Crippen LogP contribution is 2.31. The highest BCUT2D eigenvalue weighted by molar-refractivity contribution is 4.87. The third-order valence-corrected chi connectivity index (χ3v) is 5.03. The summed E-state index contributed by atoms with van der Waals surface area (Å²) in [5.74, 6) is 1.93. The Morgan fingerprint density at radius 3 is 2.44 bits per heavy atom. The summed E-state index contributed by atoms with van der Waals surface area (Å²) in [6, 6.07) is 1.60. The lowest BCUT2D eigenvalue weighted by Gasteiger charge is -2.39. The minimum Gasteiger partial charge on any atom is -0.310 e. The summed E-state index contributed by atoms with van der Waals surface area (Å²) in [6.45, 7) is 6.48. The van der Waals surface area contributed by atoms with Crippen LogP contribution in [0.1, 0.15) is 58.3 Å². The first-order valence-electron chi connectivity index (χ1n) is 8.28. The van der Waals surface area contributed by atoms with Gasteiger partial charge in [-0.25, -0.2) is 0 Å². The van der Waals surface area contributed by atoms with Crippen LogP contribution in [0.3, 0.4) is 0 Å². The number of piperidine rings is 1. The Bertz CT molecular complexity index is 254. The highest BCUT2D eigenvalue weighted by Gasteiger charge is 2.30. The molecule has 0 aromatic rings. The van der Waals surface area contributed by atoms with Gasteiger partial charge in [-0.2, -0.15) is 0 Å². The molecule has 0 aromatic heterocycles. The van der Waals surface area contributed by atoms with E-state index in [9.17, 15) is 0 Å². The van der Waals surface area contributed by atoms with E-state index >= 15 is 0 Å². The molecule has 2 aliphatic carbocycles. The van der Waals surface area contributed by atoms with Crippen molar-refractivity contribution in [1.29, 1.82) is 0 Å². The first kappa shape index (κ1) is 12.9. The number of hydrogen-bond acceptors (Lipinski definition) is 2. The SMILES string of the molecule is CC1CC(NC2CCCCC2)CN(CC2CC2)C1. The standard InChI is InChI=1S/C16H30N2/c1-13-9-16(17-15-5-3-2-4-6-15)12-18(10-13)11-14-7-8-14/h13-17H,2-12H2,1H3. The van der Waals surface area contributed by atoms with Crippen molar-refractivity contribution in [2.45, 2.75) is 70.4 Å². The van der Waals surface area contributed by atoms with E-state index in [2.05, 4.69) is 17.1 Å². The Balaban J connectivity index is 1.47. The Hall–Kier alpha value is -0.0800. The fourth-order valence-corrected chi connectivity index (χ4v) is 4.00. The van der Waals surface area contributed by atoms with E-state index < -0.39 is 0 Å². The van der Waals surface area contributed by atoms with Crippen LogP contribution in [0.5, 0.6) is 0 Å². The first-order valence-corrected chi connectivity index (χ1v) is 8.28. The van der Waals surface area contributed by atoms with Crippen molar-refractivity contribution >= 4 is 0 Å². The molecule has 0 aromatic carbocycles. The quantitative estimate of drug-likeness (QED) is 0.825. The normalized spacial score (nSPS) is 35.8. The molecule has 1 aliphatic heterocycles. The molecule has 3 aliphatic rings. The van der Waals surface area contributed by atoms with Crippen LogP contribution in [0.2, 0.25) is 0 Å². The summed E-state index contributed by atoms with van der Waals surface area (Å²) in [5.41, 5.74) is 0. The number of rotatable bonds is 4. The maximum atomic E-state index is 3.97. The molecule has 0 spiro atoms. The molecule has 2 nitrogen and oxygen atoms in total. The molecule has 1 heterocycles. The second-order valence-corrected chi connectivity index (χ2v) is 7.20. The number of nitrogens with one attached hydrogen (secondary N) is 1. The van der Waals surface area contributed by atoms with Gasteiger partial charge >= 0.3 is 0 Å². The molecule has 3 rings (SSSR count). The molecule has 2 heteroatoms. The van der Waals surface area contributed by atoms with E-state index in [4.69, 9.17) is 0 Å². The van der Waals surface area contributed by atoms with E-state index in [0.717, 1.165) is 23.9 Å². The third-order valence-electron chi connectivity index (χ3n) is 5.03. The third kappa shape index (κ3) is 3.71. The van der Waals surface area contributed by atoms with Gasteiger partial charge in [-0.05, 0) is 43.9 Å². The van der Waals surface area contributed by atoms with Crippen LogP contribution in [0.25, 0.3) is 0 Å². The maximum absolute atomic E-state index is 3.97. The van der Waals surface area contributed by atoms with E-state index in [1.165, 1.54) is 71.0 Å². The fraction of sp³-hybridized carbons (Fsp3) is 1.00. The molecule has 1 saturated heterocycles. The summed E-state index contributed by atoms with van der Waals surface area (Å²) < 4.78 is 0. The zero-order valence-corrected chi connectivity index (χ0v) is 12.0. The van der Waals surface area contributed by atoms with Crippen molar-refractivity contribution in [2.24, 2.45) is 11.8 Å². The summed E-state index contributed by atoms with van der Waals surface area (Å²) in [7, 11) is 0. The number of nitrogens with zero attached hydrogens (tertiary/aromatic N) is 1. The molecule has 2 saturated carbocycles. The van der Waals surface area contributed by atoms with Crippen LogP contribution in [0.15, 0.2) is 0 Å². The van der Waals surface area contributed by atoms with Crippen LogP contribution < -0.4 is 5.32 Å². The van der Waals surface area contributed by atoms with Gasteiger partial charge in [-0.3, -0.25) is 0 Å². The molecule has 1 N–H and O–H groups in total. The average Bonchev–Trinajstić information content (AvgIpc) is 3.13. The summed E-state index contributed by atoms with van der Waals surface area (Å²) in [4.78, 5) is 2.74. The van der Waals surface area contributed by atoms with E-state index in [0.29, 0.717) is 0 Å². The fourth-order valence-electron chi connectivity index (χ4n) is 4.00. The van der Waals surface area contributed by atoms with E-state index in [1.54, 1.807) is 0 Å². The van der Waals surface area contributed by atoms with Crippen LogP contribution >= 0.6 is 0 Å². The molecule has 0 bridgehead atoms. The van der Waals surface area contributed by atoms with Crippen molar-refractivity contribution in [1.82, 2.24) is 10.2 Å². The monoisotopic (exact) mass is 250 g/mol. The molecule has 0 amide bonds. The van der Waals surface area contributed by atoms with Crippen LogP contribution in [-0.2, 0) is 0 Å². The minimum atomic E-state index is 0.774. The van der Waals surface area contributed by atoms with Gasteiger partial charge in [0, 0.05) is 31.7 Å². The summed E-state index contributed by atoms with van der Waals surface area (Å²) in [6.07, 6.45) is 11.6. The van der Waals surface area contributed by atoms with Gasteiger partial charge in [0.05, 0.1) is 0 Å². The van der Waals surface area contributed by atoms with Crippen LogP contribution in [-0.4, -0.2) is 36.6 Å². The summed E-state index contributed by atoms with van der Waals surface area (Å²) in [5, 5.41) is 3.97. The van der Waals surface area contributed by atoms with Crippen molar-refractivity contribution in [3.8, 4) is 0 Å². The average molecular weight is 250 g/mol. The van der Waals surface area contributed by atoms with E-state index in [1.807, 2.05) is 0 Å². The van der Waals surface area contributed by atoms with Crippen LogP contribution in [0.4, 0.5) is 0 Å². The van der Waals surface area contributed by atoms with Crippen molar-refractivity contribution in [3.63, 3.8) is 0 Å². The summed E-state index contributed by atoms with van der Waals surface area (Å²) >= 11 is 0. The molecule has 3 fully saturated rings. The van der Waals surface area contributed by atoms with Crippen molar-refractivity contribution in [2.75, 3.05) is 19.6 Å². The predicted molar refractivity (Wildman–Crippen MR) is 76.7 cm³/mol. The molecule has 104 valence electrons. The Morgan fingerprint density at radius 1 is 0.944 bits per heavy atom. The smallest absolute Gasteiger partial charge is 0.0200 e. The largest absolute Gasteiger partial charge is 0.310 e. The second kappa shape index (κ2) is 5.92. The van der Waals surface area contributed by atoms with Crippen molar-refractivity contribution in [3.05, 3.63) is 0 Å². The zero-order chi connectivity index (χ0) is 12.4. The lowest BCUT2D eigenvalue weighted by molar-refractivity contribution is 0.133. The number of hydrogen-bond donors (Lipinski definition) is 1.